The fourth-order valence-electron chi connectivity index (χ4n) is 4.61. The van der Waals surface area contributed by atoms with Crippen LogP contribution in [0.25, 0.3) is 0 Å². The van der Waals surface area contributed by atoms with E-state index < -0.39 is 41.2 Å². The summed E-state index contributed by atoms with van der Waals surface area (Å²) in [5.74, 6) is -4.76. The van der Waals surface area contributed by atoms with Crippen LogP contribution >= 0.6 is 0 Å². The molecule has 0 radical (unpaired) electrons. The van der Waals surface area contributed by atoms with Crippen molar-refractivity contribution >= 4 is 0 Å². The molecule has 7 heteroatoms. The molecule has 0 amide bonds. The van der Waals surface area contributed by atoms with Crippen molar-refractivity contribution in [3.05, 3.63) is 59.2 Å². The monoisotopic (exact) mass is 458 g/mol. The van der Waals surface area contributed by atoms with Gasteiger partial charge in [0.2, 0.25) is 6.29 Å². The van der Waals surface area contributed by atoms with Crippen LogP contribution in [0.15, 0.2) is 36.4 Å². The zero-order valence-corrected chi connectivity index (χ0v) is 18.4. The van der Waals surface area contributed by atoms with E-state index in [2.05, 4.69) is 6.58 Å². The Kier molecular flexibility index (Phi) is 8.50. The van der Waals surface area contributed by atoms with Crippen LogP contribution in [-0.4, -0.2) is 25.2 Å². The van der Waals surface area contributed by atoms with Crippen LogP contribution in [0, 0.1) is 17.6 Å². The lowest BCUT2D eigenvalue weighted by molar-refractivity contribution is -0.224. The van der Waals surface area contributed by atoms with Crippen LogP contribution in [0.5, 0.6) is 0 Å². The highest BCUT2D eigenvalue weighted by Gasteiger charge is 2.39. The number of hydrogen-bond donors (Lipinski definition) is 0. The average Bonchev–Trinajstić information content (AvgIpc) is 2.80. The Morgan fingerprint density at radius 1 is 1.06 bits per heavy atom. The summed E-state index contributed by atoms with van der Waals surface area (Å²) in [4.78, 5) is 0. The molecule has 1 heterocycles. The Bertz CT molecular complexity index is 822. The maximum absolute atomic E-state index is 14.8. The molecule has 1 saturated heterocycles. The van der Waals surface area contributed by atoms with Gasteiger partial charge in [-0.25, -0.2) is 22.0 Å². The Hall–Kier alpha value is -1.73. The number of ether oxygens (including phenoxy) is 2. The van der Waals surface area contributed by atoms with Crippen molar-refractivity contribution in [2.24, 2.45) is 5.92 Å². The minimum Gasteiger partial charge on any atom is -0.343 e. The molecule has 0 unspecified atom stereocenters. The lowest BCUT2D eigenvalue weighted by Crippen LogP contribution is -2.44. The summed E-state index contributed by atoms with van der Waals surface area (Å²) in [6.45, 7) is 4.73. The lowest BCUT2D eigenvalue weighted by atomic mass is 9.77. The molecule has 2 nitrogen and oxygen atoms in total. The molecule has 0 aromatic heterocycles. The number of allylic oxidation sites excluding steroid dienone is 2. The second-order valence-electron chi connectivity index (χ2n) is 8.87. The summed E-state index contributed by atoms with van der Waals surface area (Å²) >= 11 is 0. The van der Waals surface area contributed by atoms with E-state index in [1.165, 1.54) is 0 Å². The summed E-state index contributed by atoms with van der Waals surface area (Å²) in [6, 6.07) is 3.18. The number of alkyl halides is 1. The molecule has 1 saturated carbocycles. The van der Waals surface area contributed by atoms with E-state index in [9.17, 15) is 22.0 Å². The van der Waals surface area contributed by atoms with E-state index in [4.69, 9.17) is 9.47 Å². The standard InChI is InChI=1S/C25H31F5O2/c1-3-5-6-17-11-12-19(22(28)20(17)26)16-7-9-18(10-8-16)21(27)23(29)24-31-14-25(30,13-4-2)15-32-24/h3,11-12,16,18,24H,1,4-10,13-15H2,2H3/b23-21+. The molecule has 1 aliphatic carbocycles. The highest BCUT2D eigenvalue weighted by molar-refractivity contribution is 5.30. The first-order valence-electron chi connectivity index (χ1n) is 11.3. The molecule has 0 bridgehead atoms. The zero-order chi connectivity index (χ0) is 23.3. The highest BCUT2D eigenvalue weighted by Crippen LogP contribution is 2.42. The second kappa shape index (κ2) is 10.9. The first-order chi connectivity index (χ1) is 15.3. The van der Waals surface area contributed by atoms with Crippen molar-refractivity contribution in [3.63, 3.8) is 0 Å². The molecule has 32 heavy (non-hydrogen) atoms. The van der Waals surface area contributed by atoms with Crippen molar-refractivity contribution in [1.82, 2.24) is 0 Å². The minimum absolute atomic E-state index is 0.226. The van der Waals surface area contributed by atoms with E-state index in [-0.39, 0.29) is 31.1 Å². The van der Waals surface area contributed by atoms with Gasteiger partial charge in [-0.05, 0) is 62.0 Å². The quantitative estimate of drug-likeness (QED) is 0.299. The van der Waals surface area contributed by atoms with Crippen LogP contribution in [0.1, 0.15) is 68.9 Å². The fourth-order valence-corrected chi connectivity index (χ4v) is 4.61. The largest absolute Gasteiger partial charge is 0.343 e. The lowest BCUT2D eigenvalue weighted by Gasteiger charge is -2.34. The number of aryl methyl sites for hydroxylation is 1. The Morgan fingerprint density at radius 3 is 2.31 bits per heavy atom. The van der Waals surface area contributed by atoms with Gasteiger partial charge in [0, 0.05) is 5.92 Å². The molecule has 1 aromatic rings. The second-order valence-corrected chi connectivity index (χ2v) is 8.87. The van der Waals surface area contributed by atoms with Gasteiger partial charge in [0.05, 0.1) is 13.2 Å². The fraction of sp³-hybridized carbons (Fsp3) is 0.600. The normalized spacial score (nSPS) is 29.5. The summed E-state index contributed by atoms with van der Waals surface area (Å²) < 4.78 is 82.9. The number of hydrogen-bond acceptors (Lipinski definition) is 2. The zero-order valence-electron chi connectivity index (χ0n) is 18.4. The van der Waals surface area contributed by atoms with E-state index >= 15 is 0 Å². The summed E-state index contributed by atoms with van der Waals surface area (Å²) in [7, 11) is 0. The average molecular weight is 459 g/mol. The summed E-state index contributed by atoms with van der Waals surface area (Å²) in [6.07, 6.45) is 3.25. The Balaban J connectivity index is 1.60. The van der Waals surface area contributed by atoms with Crippen LogP contribution < -0.4 is 0 Å². The molecule has 2 aliphatic rings. The van der Waals surface area contributed by atoms with Crippen LogP contribution in [0.3, 0.4) is 0 Å². The first kappa shape index (κ1) is 24.9. The van der Waals surface area contributed by atoms with Crippen molar-refractivity contribution in [2.75, 3.05) is 13.2 Å². The maximum atomic E-state index is 14.8. The molecule has 178 valence electrons. The van der Waals surface area contributed by atoms with Crippen LogP contribution in [-0.2, 0) is 15.9 Å². The predicted octanol–water partition coefficient (Wildman–Crippen LogP) is 7.39. The number of rotatable bonds is 8. The topological polar surface area (TPSA) is 18.5 Å². The van der Waals surface area contributed by atoms with Gasteiger partial charge >= 0.3 is 0 Å². The molecule has 3 rings (SSSR count). The molecular weight excluding hydrogens is 427 g/mol. The first-order valence-corrected chi connectivity index (χ1v) is 11.3. The predicted molar refractivity (Wildman–Crippen MR) is 113 cm³/mol. The summed E-state index contributed by atoms with van der Waals surface area (Å²) in [5.41, 5.74) is -1.09. The Morgan fingerprint density at radius 2 is 1.72 bits per heavy atom. The van der Waals surface area contributed by atoms with Gasteiger partial charge in [-0.3, -0.25) is 0 Å². The van der Waals surface area contributed by atoms with E-state index in [0.29, 0.717) is 50.5 Å². The van der Waals surface area contributed by atoms with Crippen molar-refractivity contribution in [3.8, 4) is 0 Å². The van der Waals surface area contributed by atoms with E-state index in [0.717, 1.165) is 0 Å². The summed E-state index contributed by atoms with van der Waals surface area (Å²) in [5, 5.41) is 0. The van der Waals surface area contributed by atoms with Crippen molar-refractivity contribution in [1.29, 1.82) is 0 Å². The highest BCUT2D eigenvalue weighted by atomic mass is 19.2. The van der Waals surface area contributed by atoms with E-state index in [1.54, 1.807) is 18.2 Å². The van der Waals surface area contributed by atoms with Crippen LogP contribution in [0.2, 0.25) is 0 Å². The van der Waals surface area contributed by atoms with Gasteiger partial charge in [-0.1, -0.05) is 31.6 Å². The number of benzene rings is 1. The van der Waals surface area contributed by atoms with Gasteiger partial charge in [0.1, 0.15) is 5.83 Å². The van der Waals surface area contributed by atoms with Gasteiger partial charge in [0.25, 0.3) is 0 Å². The molecule has 1 aromatic carbocycles. The van der Waals surface area contributed by atoms with Crippen molar-refractivity contribution in [2.45, 2.75) is 76.2 Å². The van der Waals surface area contributed by atoms with Gasteiger partial charge in [0.15, 0.2) is 23.1 Å². The minimum atomic E-state index is -1.68. The van der Waals surface area contributed by atoms with Crippen LogP contribution in [0.4, 0.5) is 22.0 Å². The molecule has 2 fully saturated rings. The molecule has 1 aliphatic heterocycles. The van der Waals surface area contributed by atoms with E-state index in [1.807, 2.05) is 6.92 Å². The number of halogens is 5. The maximum Gasteiger partial charge on any atom is 0.213 e. The third-order valence-electron chi connectivity index (χ3n) is 6.46. The van der Waals surface area contributed by atoms with Crippen molar-refractivity contribution < 1.29 is 31.4 Å². The molecular formula is C25H31F5O2. The SMILES string of the molecule is C=CCCc1ccc(C2CCC(/C(F)=C(\F)C3OCC(F)(CCC)CO3)CC2)c(F)c1F. The van der Waals surface area contributed by atoms with Gasteiger partial charge < -0.3 is 9.47 Å². The van der Waals surface area contributed by atoms with Gasteiger partial charge in [-0.15, -0.1) is 6.58 Å². The molecule has 0 spiro atoms. The smallest absolute Gasteiger partial charge is 0.213 e. The molecule has 0 atom stereocenters. The Labute approximate surface area is 186 Å². The third kappa shape index (κ3) is 5.60. The molecule has 0 N–H and O–H groups in total. The van der Waals surface area contributed by atoms with Gasteiger partial charge in [-0.2, -0.15) is 0 Å². The third-order valence-corrected chi connectivity index (χ3v) is 6.46.